The Labute approximate surface area is 94.8 Å². The van der Waals surface area contributed by atoms with Gasteiger partial charge in [0.1, 0.15) is 12.6 Å². The summed E-state index contributed by atoms with van der Waals surface area (Å²) in [4.78, 5) is 1.44. The number of quaternary nitrogens is 1. The smallest absolute Gasteiger partial charge is 0.111 e. The largest absolute Gasteiger partial charge is 0.336 e. The van der Waals surface area contributed by atoms with Gasteiger partial charge in [-0.1, -0.05) is 36.4 Å². The van der Waals surface area contributed by atoms with E-state index in [-0.39, 0.29) is 0 Å². The van der Waals surface area contributed by atoms with Gasteiger partial charge in [0.15, 0.2) is 0 Å². The standard InChI is InChI=1S/C13H15NS/c1-11(12-6-3-2-4-7-12)14-10-13-8-5-9-15-13/h2-9,11,14H,10H2,1H3/p+1/t11-/m1/s1. The fourth-order valence-corrected chi connectivity index (χ4v) is 2.30. The lowest BCUT2D eigenvalue weighted by molar-refractivity contribution is -0.707. The molecule has 2 N–H and O–H groups in total. The molecule has 1 atom stereocenters. The third-order valence-electron chi connectivity index (χ3n) is 2.58. The summed E-state index contributed by atoms with van der Waals surface area (Å²) in [6.45, 7) is 3.33. The molecule has 2 heteroatoms. The SMILES string of the molecule is C[C@@H]([NH2+]Cc1cccs1)c1ccccc1. The first-order valence-electron chi connectivity index (χ1n) is 5.27. The van der Waals surface area contributed by atoms with E-state index in [1.807, 2.05) is 11.3 Å². The van der Waals surface area contributed by atoms with E-state index < -0.39 is 0 Å². The van der Waals surface area contributed by atoms with E-state index in [1.54, 1.807) is 0 Å². The fourth-order valence-electron chi connectivity index (χ4n) is 1.61. The minimum absolute atomic E-state index is 0.535. The summed E-state index contributed by atoms with van der Waals surface area (Å²) in [6, 6.07) is 15.5. The van der Waals surface area contributed by atoms with Crippen LogP contribution in [0.2, 0.25) is 0 Å². The molecular formula is C13H16NS+. The van der Waals surface area contributed by atoms with Crippen molar-refractivity contribution in [3.05, 3.63) is 58.3 Å². The maximum Gasteiger partial charge on any atom is 0.111 e. The van der Waals surface area contributed by atoms with E-state index in [4.69, 9.17) is 0 Å². The van der Waals surface area contributed by atoms with Gasteiger partial charge >= 0.3 is 0 Å². The molecule has 0 unspecified atom stereocenters. The number of benzene rings is 1. The molecular weight excluding hydrogens is 202 g/mol. The number of thiophene rings is 1. The van der Waals surface area contributed by atoms with Crippen molar-refractivity contribution in [2.24, 2.45) is 0 Å². The summed E-state index contributed by atoms with van der Waals surface area (Å²) in [7, 11) is 0. The topological polar surface area (TPSA) is 16.6 Å². The number of hydrogen-bond acceptors (Lipinski definition) is 1. The van der Waals surface area contributed by atoms with Gasteiger partial charge in [0.2, 0.25) is 0 Å². The Kier molecular flexibility index (Phi) is 3.54. The van der Waals surface area contributed by atoms with Gasteiger partial charge in [-0.25, -0.2) is 0 Å². The van der Waals surface area contributed by atoms with E-state index >= 15 is 0 Å². The first kappa shape index (κ1) is 10.4. The summed E-state index contributed by atoms with van der Waals surface area (Å²) in [5.41, 5.74) is 1.40. The second kappa shape index (κ2) is 5.10. The van der Waals surface area contributed by atoms with Crippen molar-refractivity contribution in [2.45, 2.75) is 19.5 Å². The van der Waals surface area contributed by atoms with Crippen LogP contribution in [0.3, 0.4) is 0 Å². The minimum Gasteiger partial charge on any atom is -0.336 e. The first-order valence-corrected chi connectivity index (χ1v) is 6.15. The summed E-state index contributed by atoms with van der Waals surface area (Å²) < 4.78 is 0. The van der Waals surface area contributed by atoms with Gasteiger partial charge in [0.25, 0.3) is 0 Å². The Hall–Kier alpha value is -1.12. The Morgan fingerprint density at radius 2 is 1.93 bits per heavy atom. The third-order valence-corrected chi connectivity index (χ3v) is 3.48. The molecule has 0 amide bonds. The molecule has 78 valence electrons. The number of rotatable bonds is 4. The predicted octanol–water partition coefficient (Wildman–Crippen LogP) is 2.57. The zero-order chi connectivity index (χ0) is 10.5. The van der Waals surface area contributed by atoms with Crippen LogP contribution in [0.1, 0.15) is 23.4 Å². The van der Waals surface area contributed by atoms with Crippen molar-refractivity contribution in [2.75, 3.05) is 0 Å². The highest BCUT2D eigenvalue weighted by atomic mass is 32.1. The molecule has 1 nitrogen and oxygen atoms in total. The summed E-state index contributed by atoms with van der Waals surface area (Å²) in [5, 5.41) is 4.51. The van der Waals surface area contributed by atoms with Crippen molar-refractivity contribution in [1.82, 2.24) is 0 Å². The molecule has 0 aliphatic rings. The second-order valence-electron chi connectivity index (χ2n) is 3.72. The highest BCUT2D eigenvalue weighted by molar-refractivity contribution is 7.09. The number of hydrogen-bond donors (Lipinski definition) is 1. The average Bonchev–Trinajstić information content (AvgIpc) is 2.80. The third kappa shape index (κ3) is 2.91. The van der Waals surface area contributed by atoms with Crippen molar-refractivity contribution >= 4 is 11.3 Å². The first-order chi connectivity index (χ1) is 7.36. The van der Waals surface area contributed by atoms with Crippen LogP contribution >= 0.6 is 11.3 Å². The van der Waals surface area contributed by atoms with Crippen LogP contribution in [0.15, 0.2) is 47.8 Å². The Balaban J connectivity index is 1.90. The van der Waals surface area contributed by atoms with Crippen molar-refractivity contribution < 1.29 is 5.32 Å². The normalized spacial score (nSPS) is 12.6. The molecule has 0 saturated heterocycles. The van der Waals surface area contributed by atoms with Gasteiger partial charge < -0.3 is 5.32 Å². The molecule has 2 aromatic rings. The van der Waals surface area contributed by atoms with E-state index in [0.29, 0.717) is 6.04 Å². The zero-order valence-electron chi connectivity index (χ0n) is 8.89. The van der Waals surface area contributed by atoms with Crippen LogP contribution in [0, 0.1) is 0 Å². The van der Waals surface area contributed by atoms with Crippen LogP contribution in [-0.4, -0.2) is 0 Å². The van der Waals surface area contributed by atoms with Crippen LogP contribution in [0.4, 0.5) is 0 Å². The maximum absolute atomic E-state index is 2.38. The highest BCUT2D eigenvalue weighted by Gasteiger charge is 2.07. The maximum atomic E-state index is 2.38. The van der Waals surface area contributed by atoms with Gasteiger partial charge in [-0.05, 0) is 18.4 Å². The minimum atomic E-state index is 0.535. The van der Waals surface area contributed by atoms with Crippen LogP contribution in [0.25, 0.3) is 0 Å². The molecule has 0 bridgehead atoms. The molecule has 0 saturated carbocycles. The van der Waals surface area contributed by atoms with Crippen LogP contribution in [0.5, 0.6) is 0 Å². The molecule has 1 heterocycles. The lowest BCUT2D eigenvalue weighted by Crippen LogP contribution is -2.82. The van der Waals surface area contributed by atoms with Gasteiger partial charge in [-0.2, -0.15) is 0 Å². The van der Waals surface area contributed by atoms with Crippen molar-refractivity contribution in [1.29, 1.82) is 0 Å². The second-order valence-corrected chi connectivity index (χ2v) is 4.75. The quantitative estimate of drug-likeness (QED) is 0.812. The van der Waals surface area contributed by atoms with Gasteiger partial charge in [0.05, 0.1) is 4.88 Å². The van der Waals surface area contributed by atoms with Gasteiger partial charge in [-0.3, -0.25) is 0 Å². The van der Waals surface area contributed by atoms with Crippen LogP contribution < -0.4 is 5.32 Å². The average molecular weight is 218 g/mol. The Morgan fingerprint density at radius 3 is 2.60 bits per heavy atom. The summed E-state index contributed by atoms with van der Waals surface area (Å²) >= 11 is 1.83. The van der Waals surface area contributed by atoms with Crippen molar-refractivity contribution in [3.63, 3.8) is 0 Å². The lowest BCUT2D eigenvalue weighted by Gasteiger charge is -2.09. The summed E-state index contributed by atoms with van der Waals surface area (Å²) in [6.07, 6.45) is 0. The molecule has 0 fully saturated rings. The molecule has 1 aromatic heterocycles. The molecule has 0 aliphatic heterocycles. The van der Waals surface area contributed by atoms with E-state index in [1.165, 1.54) is 10.4 Å². The van der Waals surface area contributed by atoms with Gasteiger partial charge in [0, 0.05) is 5.56 Å². The zero-order valence-corrected chi connectivity index (χ0v) is 9.71. The monoisotopic (exact) mass is 218 g/mol. The molecule has 1 aromatic carbocycles. The molecule has 0 aliphatic carbocycles. The Bertz CT molecular complexity index is 380. The molecule has 0 radical (unpaired) electrons. The molecule has 0 spiro atoms. The fraction of sp³-hybridized carbons (Fsp3) is 0.231. The summed E-state index contributed by atoms with van der Waals surface area (Å²) in [5.74, 6) is 0. The van der Waals surface area contributed by atoms with E-state index in [0.717, 1.165) is 6.54 Å². The van der Waals surface area contributed by atoms with E-state index in [2.05, 4.69) is 60.1 Å². The lowest BCUT2D eigenvalue weighted by atomic mass is 10.1. The van der Waals surface area contributed by atoms with E-state index in [9.17, 15) is 0 Å². The Morgan fingerprint density at radius 1 is 1.13 bits per heavy atom. The highest BCUT2D eigenvalue weighted by Crippen LogP contribution is 2.09. The predicted molar refractivity (Wildman–Crippen MR) is 64.8 cm³/mol. The van der Waals surface area contributed by atoms with Crippen molar-refractivity contribution in [3.8, 4) is 0 Å². The number of nitrogens with two attached hydrogens (primary N) is 1. The molecule has 15 heavy (non-hydrogen) atoms. The van der Waals surface area contributed by atoms with Gasteiger partial charge in [-0.15, -0.1) is 11.3 Å². The molecule has 2 rings (SSSR count). The van der Waals surface area contributed by atoms with Crippen LogP contribution in [-0.2, 0) is 6.54 Å².